The molecule has 0 aliphatic heterocycles. The number of ether oxygens (including phenoxy) is 1. The highest BCUT2D eigenvalue weighted by molar-refractivity contribution is 14.1. The van der Waals surface area contributed by atoms with E-state index in [-0.39, 0.29) is 0 Å². The van der Waals surface area contributed by atoms with Crippen LogP contribution in [0.3, 0.4) is 0 Å². The minimum atomic E-state index is 1.53. The van der Waals surface area contributed by atoms with Crippen molar-refractivity contribution >= 4 is 22.6 Å². The molecule has 0 aromatic rings. The molecule has 0 aromatic carbocycles. The molecular formula is C5H5IO. The Morgan fingerprint density at radius 3 is 2.86 bits per heavy atom. The third-order valence-corrected chi connectivity index (χ3v) is 0.653. The van der Waals surface area contributed by atoms with Gasteiger partial charge in [-0.15, -0.1) is 0 Å². The van der Waals surface area contributed by atoms with Crippen LogP contribution in [0.2, 0.25) is 0 Å². The topological polar surface area (TPSA) is 9.23 Å². The maximum atomic E-state index is 4.56. The lowest BCUT2D eigenvalue weighted by Crippen LogP contribution is -1.59. The van der Waals surface area contributed by atoms with E-state index in [2.05, 4.69) is 14.6 Å². The van der Waals surface area contributed by atoms with Crippen LogP contribution in [0.25, 0.3) is 0 Å². The van der Waals surface area contributed by atoms with Gasteiger partial charge in [-0.1, -0.05) is 5.92 Å². The molecular weight excluding hydrogens is 203 g/mol. The molecule has 2 heteroatoms. The summed E-state index contributed by atoms with van der Waals surface area (Å²) in [6.45, 7) is 0. The van der Waals surface area contributed by atoms with Crippen molar-refractivity contribution in [1.82, 2.24) is 0 Å². The van der Waals surface area contributed by atoms with E-state index in [1.54, 1.807) is 13.2 Å². The van der Waals surface area contributed by atoms with Gasteiger partial charge in [0.1, 0.15) is 0 Å². The van der Waals surface area contributed by atoms with Gasteiger partial charge in [-0.2, -0.15) is 0 Å². The largest absolute Gasteiger partial charge is 0.504 e. The van der Waals surface area contributed by atoms with Crippen molar-refractivity contribution in [2.75, 3.05) is 7.11 Å². The van der Waals surface area contributed by atoms with Crippen molar-refractivity contribution in [1.29, 1.82) is 0 Å². The summed E-state index contributed by atoms with van der Waals surface area (Å²) in [5.41, 5.74) is 0. The fourth-order valence-electron chi connectivity index (χ4n) is 0.134. The van der Waals surface area contributed by atoms with Crippen molar-refractivity contribution in [2.24, 2.45) is 0 Å². The molecule has 0 N–H and O–H groups in total. The van der Waals surface area contributed by atoms with Gasteiger partial charge in [0.25, 0.3) is 0 Å². The number of halogens is 1. The van der Waals surface area contributed by atoms with Crippen LogP contribution in [0.1, 0.15) is 0 Å². The average Bonchev–Trinajstić information content (AvgIpc) is 1.69. The summed E-state index contributed by atoms with van der Waals surface area (Å²) in [4.78, 5) is 0. The van der Waals surface area contributed by atoms with Crippen LogP contribution in [-0.2, 0) is 4.74 Å². The van der Waals surface area contributed by atoms with Crippen LogP contribution >= 0.6 is 22.6 Å². The molecule has 0 saturated heterocycles. The van der Waals surface area contributed by atoms with Crippen LogP contribution in [-0.4, -0.2) is 7.11 Å². The Bertz CT molecular complexity index is 107. The first-order valence-electron chi connectivity index (χ1n) is 1.70. The monoisotopic (exact) mass is 208 g/mol. The molecule has 0 rings (SSSR count). The molecule has 0 bridgehead atoms. The summed E-state index contributed by atoms with van der Waals surface area (Å²) in [7, 11) is 1.59. The molecule has 7 heavy (non-hydrogen) atoms. The number of methoxy groups -OCH3 is 1. The Morgan fingerprint density at radius 1 is 1.71 bits per heavy atom. The van der Waals surface area contributed by atoms with Crippen LogP contribution < -0.4 is 0 Å². The first-order chi connectivity index (χ1) is 3.41. The van der Waals surface area contributed by atoms with E-state index < -0.39 is 0 Å². The van der Waals surface area contributed by atoms with Crippen molar-refractivity contribution in [3.63, 3.8) is 0 Å². The zero-order chi connectivity index (χ0) is 5.54. The highest BCUT2D eigenvalue weighted by atomic mass is 127. The molecule has 0 spiro atoms. The molecule has 0 radical (unpaired) electrons. The summed E-state index contributed by atoms with van der Waals surface area (Å²) in [6.07, 6.45) is 3.18. The highest BCUT2D eigenvalue weighted by Gasteiger charge is 1.54. The lowest BCUT2D eigenvalue weighted by atomic mass is 10.7. The standard InChI is InChI=1S/C5H5IO/c1-7-5-3-2-4-6/h3,5H,1H3/b5-3-. The minimum absolute atomic E-state index is 1.53. The van der Waals surface area contributed by atoms with Crippen molar-refractivity contribution in [3.05, 3.63) is 12.3 Å². The zero-order valence-electron chi connectivity index (χ0n) is 3.94. The molecule has 0 amide bonds. The normalized spacial score (nSPS) is 7.71. The first-order valence-corrected chi connectivity index (χ1v) is 2.78. The van der Waals surface area contributed by atoms with Crippen LogP contribution in [0.15, 0.2) is 12.3 Å². The van der Waals surface area contributed by atoms with Crippen LogP contribution in [0, 0.1) is 9.85 Å². The van der Waals surface area contributed by atoms with Crippen molar-refractivity contribution in [3.8, 4) is 9.85 Å². The maximum Gasteiger partial charge on any atom is 0.0908 e. The molecule has 0 aromatic heterocycles. The summed E-state index contributed by atoms with van der Waals surface area (Å²) in [5.74, 6) is 2.68. The molecule has 0 saturated carbocycles. The minimum Gasteiger partial charge on any atom is -0.504 e. The fraction of sp³-hybridized carbons (Fsp3) is 0.200. The fourth-order valence-corrected chi connectivity index (χ4v) is 0.313. The molecule has 0 fully saturated rings. The van der Waals surface area contributed by atoms with Gasteiger partial charge < -0.3 is 4.74 Å². The van der Waals surface area contributed by atoms with E-state index in [0.29, 0.717) is 0 Å². The van der Waals surface area contributed by atoms with Crippen molar-refractivity contribution < 1.29 is 4.74 Å². The van der Waals surface area contributed by atoms with E-state index >= 15 is 0 Å². The first kappa shape index (κ1) is 6.83. The lowest BCUT2D eigenvalue weighted by Gasteiger charge is -1.76. The second-order valence-electron chi connectivity index (χ2n) is 0.777. The van der Waals surface area contributed by atoms with Gasteiger partial charge in [0.05, 0.1) is 13.4 Å². The van der Waals surface area contributed by atoms with Gasteiger partial charge in [-0.3, -0.25) is 0 Å². The third-order valence-electron chi connectivity index (χ3n) is 0.342. The van der Waals surface area contributed by atoms with E-state index in [0.717, 1.165) is 0 Å². The Labute approximate surface area is 56.9 Å². The second-order valence-corrected chi connectivity index (χ2v) is 1.32. The van der Waals surface area contributed by atoms with E-state index in [1.807, 2.05) is 22.6 Å². The predicted octanol–water partition coefficient (Wildman–Crippen LogP) is 1.54. The molecule has 0 unspecified atom stereocenters. The number of rotatable bonds is 1. The molecule has 0 aliphatic carbocycles. The Morgan fingerprint density at radius 2 is 2.43 bits per heavy atom. The van der Waals surface area contributed by atoms with Gasteiger partial charge in [0, 0.05) is 28.7 Å². The molecule has 0 atom stereocenters. The molecule has 0 aliphatic rings. The van der Waals surface area contributed by atoms with E-state index in [9.17, 15) is 0 Å². The van der Waals surface area contributed by atoms with Gasteiger partial charge in [0.15, 0.2) is 0 Å². The third kappa shape index (κ3) is 5.83. The van der Waals surface area contributed by atoms with Gasteiger partial charge >= 0.3 is 0 Å². The number of hydrogen-bond donors (Lipinski definition) is 0. The maximum absolute atomic E-state index is 4.56. The summed E-state index contributed by atoms with van der Waals surface area (Å²) < 4.78 is 7.21. The van der Waals surface area contributed by atoms with Gasteiger partial charge in [-0.25, -0.2) is 0 Å². The Kier molecular flexibility index (Phi) is 5.69. The smallest absolute Gasteiger partial charge is 0.0908 e. The molecule has 1 nitrogen and oxygen atoms in total. The summed E-state index contributed by atoms with van der Waals surface area (Å²) in [6, 6.07) is 0. The predicted molar refractivity (Wildman–Crippen MR) is 37.9 cm³/mol. The Hall–Kier alpha value is -0.170. The van der Waals surface area contributed by atoms with Gasteiger partial charge in [-0.05, 0) is 3.93 Å². The van der Waals surface area contributed by atoms with Crippen molar-refractivity contribution in [2.45, 2.75) is 0 Å². The molecule has 38 valence electrons. The summed E-state index contributed by atoms with van der Waals surface area (Å²) >= 11 is 1.96. The zero-order valence-corrected chi connectivity index (χ0v) is 6.10. The molecule has 0 heterocycles. The highest BCUT2D eigenvalue weighted by Crippen LogP contribution is 1.73. The lowest BCUT2D eigenvalue weighted by molar-refractivity contribution is 0.338. The summed E-state index contributed by atoms with van der Waals surface area (Å²) in [5, 5.41) is 0. The number of hydrogen-bond acceptors (Lipinski definition) is 1. The van der Waals surface area contributed by atoms with Crippen LogP contribution in [0.5, 0.6) is 0 Å². The van der Waals surface area contributed by atoms with Crippen LogP contribution in [0.4, 0.5) is 0 Å². The number of allylic oxidation sites excluding steroid dienone is 1. The second kappa shape index (κ2) is 5.83. The quantitative estimate of drug-likeness (QED) is 0.360. The van der Waals surface area contributed by atoms with Gasteiger partial charge in [0.2, 0.25) is 0 Å². The van der Waals surface area contributed by atoms with E-state index in [1.165, 1.54) is 6.26 Å². The Balaban J connectivity index is 3.21. The van der Waals surface area contributed by atoms with E-state index in [4.69, 9.17) is 0 Å². The SMILES string of the molecule is CO/C=C\C#CI. The average molecular weight is 208 g/mol.